The highest BCUT2D eigenvalue weighted by atomic mass is 19.4. The smallest absolute Gasteiger partial charge is 0.401 e. The van der Waals surface area contributed by atoms with Crippen LogP contribution in [0, 0.1) is 11.8 Å². The van der Waals surface area contributed by atoms with Crippen LogP contribution in [0.4, 0.5) is 13.2 Å². The van der Waals surface area contributed by atoms with E-state index in [9.17, 15) is 18.0 Å². The third kappa shape index (κ3) is 6.11. The van der Waals surface area contributed by atoms with Crippen LogP contribution in [-0.2, 0) is 4.79 Å². The Kier molecular flexibility index (Phi) is 6.30. The van der Waals surface area contributed by atoms with Gasteiger partial charge in [0.15, 0.2) is 0 Å². The van der Waals surface area contributed by atoms with Gasteiger partial charge in [0, 0.05) is 6.04 Å². The lowest BCUT2D eigenvalue weighted by atomic mass is 9.89. The fourth-order valence-corrected chi connectivity index (χ4v) is 3.06. The summed E-state index contributed by atoms with van der Waals surface area (Å²) in [5.74, 6) is -0.124. The highest BCUT2D eigenvalue weighted by Gasteiger charge is 2.35. The molecule has 0 amide bonds. The summed E-state index contributed by atoms with van der Waals surface area (Å²) >= 11 is 0. The van der Waals surface area contributed by atoms with Gasteiger partial charge in [0.25, 0.3) is 0 Å². The van der Waals surface area contributed by atoms with Crippen LogP contribution in [0.5, 0.6) is 0 Å². The van der Waals surface area contributed by atoms with Crippen LogP contribution in [0.1, 0.15) is 46.0 Å². The molecule has 0 spiro atoms. The van der Waals surface area contributed by atoms with Gasteiger partial charge in [0.2, 0.25) is 0 Å². The van der Waals surface area contributed by atoms with E-state index in [-0.39, 0.29) is 6.04 Å². The van der Waals surface area contributed by atoms with E-state index in [2.05, 4.69) is 13.8 Å². The van der Waals surface area contributed by atoms with Gasteiger partial charge in [0.05, 0.1) is 13.1 Å². The quantitative estimate of drug-likeness (QED) is 0.789. The molecule has 6 heteroatoms. The largest absolute Gasteiger partial charge is 0.480 e. The van der Waals surface area contributed by atoms with E-state index in [1.165, 1.54) is 0 Å². The predicted octanol–water partition coefficient (Wildman–Crippen LogP) is 3.54. The number of carboxylic acid groups (broad SMARTS) is 1. The van der Waals surface area contributed by atoms with Gasteiger partial charge in [-0.25, -0.2) is 0 Å². The van der Waals surface area contributed by atoms with Crippen LogP contribution < -0.4 is 0 Å². The van der Waals surface area contributed by atoms with Crippen LogP contribution in [0.3, 0.4) is 0 Å². The van der Waals surface area contributed by atoms with Crippen LogP contribution in [-0.4, -0.2) is 41.3 Å². The predicted molar refractivity (Wildman–Crippen MR) is 70.5 cm³/mol. The van der Waals surface area contributed by atoms with Crippen molar-refractivity contribution < 1.29 is 23.1 Å². The molecular weight excluding hydrogens is 271 g/mol. The summed E-state index contributed by atoms with van der Waals surface area (Å²) in [6.07, 6.45) is -0.239. The normalized spacial score (nSPS) is 24.9. The first kappa shape index (κ1) is 17.3. The maximum atomic E-state index is 12.6. The molecule has 0 bridgehead atoms. The molecule has 1 aliphatic rings. The molecule has 0 aromatic carbocycles. The minimum Gasteiger partial charge on any atom is -0.480 e. The van der Waals surface area contributed by atoms with Crippen molar-refractivity contribution in [2.24, 2.45) is 11.8 Å². The van der Waals surface area contributed by atoms with Gasteiger partial charge in [-0.15, -0.1) is 0 Å². The van der Waals surface area contributed by atoms with E-state index in [4.69, 9.17) is 5.11 Å². The molecule has 20 heavy (non-hydrogen) atoms. The molecule has 2 unspecified atom stereocenters. The summed E-state index contributed by atoms with van der Waals surface area (Å²) < 4.78 is 37.7. The lowest BCUT2D eigenvalue weighted by Gasteiger charge is -2.30. The number of alkyl halides is 3. The first-order valence-electron chi connectivity index (χ1n) is 7.21. The second-order valence-corrected chi connectivity index (χ2v) is 6.08. The van der Waals surface area contributed by atoms with Crippen molar-refractivity contribution in [1.29, 1.82) is 0 Å². The summed E-state index contributed by atoms with van der Waals surface area (Å²) in [5, 5.41) is 8.81. The van der Waals surface area contributed by atoms with Gasteiger partial charge < -0.3 is 5.11 Å². The topological polar surface area (TPSA) is 40.5 Å². The van der Waals surface area contributed by atoms with Gasteiger partial charge in [-0.1, -0.05) is 26.7 Å². The van der Waals surface area contributed by atoms with Crippen molar-refractivity contribution in [3.63, 3.8) is 0 Å². The number of halogens is 3. The zero-order chi connectivity index (χ0) is 15.3. The Hall–Kier alpha value is -0.780. The minimum atomic E-state index is -4.35. The van der Waals surface area contributed by atoms with E-state index in [1.807, 2.05) is 0 Å². The fraction of sp³-hybridized carbons (Fsp3) is 0.929. The maximum Gasteiger partial charge on any atom is 0.401 e. The average Bonchev–Trinajstić information content (AvgIpc) is 2.50. The van der Waals surface area contributed by atoms with Gasteiger partial charge in [0.1, 0.15) is 0 Å². The molecular formula is C14H24F3NO2. The molecule has 1 N–H and O–H groups in total. The molecule has 0 aliphatic heterocycles. The van der Waals surface area contributed by atoms with Crippen molar-refractivity contribution in [2.75, 3.05) is 13.1 Å². The summed E-state index contributed by atoms with van der Waals surface area (Å²) in [6, 6.07) is -0.267. The van der Waals surface area contributed by atoms with E-state index >= 15 is 0 Å². The second kappa shape index (κ2) is 7.29. The number of hydrogen-bond acceptors (Lipinski definition) is 2. The monoisotopic (exact) mass is 295 g/mol. The van der Waals surface area contributed by atoms with Crippen LogP contribution in [0.2, 0.25) is 0 Å². The zero-order valence-electron chi connectivity index (χ0n) is 12.1. The van der Waals surface area contributed by atoms with Crippen LogP contribution >= 0.6 is 0 Å². The summed E-state index contributed by atoms with van der Waals surface area (Å²) in [5.41, 5.74) is 0. The second-order valence-electron chi connectivity index (χ2n) is 6.08. The highest BCUT2D eigenvalue weighted by Crippen LogP contribution is 2.31. The number of nitrogens with zero attached hydrogens (tertiary/aromatic N) is 1. The molecule has 0 aromatic heterocycles. The van der Waals surface area contributed by atoms with Gasteiger partial charge in [-0.3, -0.25) is 9.69 Å². The Morgan fingerprint density at radius 1 is 1.25 bits per heavy atom. The Labute approximate surface area is 118 Å². The van der Waals surface area contributed by atoms with Gasteiger partial charge in [-0.05, 0) is 31.1 Å². The summed E-state index contributed by atoms with van der Waals surface area (Å²) in [6.45, 7) is 2.61. The third-order valence-corrected chi connectivity index (χ3v) is 4.16. The van der Waals surface area contributed by atoms with Crippen LogP contribution in [0.15, 0.2) is 0 Å². The van der Waals surface area contributed by atoms with Crippen molar-refractivity contribution in [3.8, 4) is 0 Å². The third-order valence-electron chi connectivity index (χ3n) is 4.16. The molecule has 0 aromatic rings. The lowest BCUT2D eigenvalue weighted by molar-refractivity contribution is -0.158. The number of hydrogen-bond donors (Lipinski definition) is 1. The molecule has 2 atom stereocenters. The fourth-order valence-electron chi connectivity index (χ4n) is 3.06. The SMILES string of the molecule is CC(C)C1CCCC(N(CC(=O)O)CC(F)(F)F)CC1. The van der Waals surface area contributed by atoms with E-state index < -0.39 is 25.2 Å². The van der Waals surface area contributed by atoms with E-state index in [0.717, 1.165) is 24.2 Å². The summed E-state index contributed by atoms with van der Waals surface area (Å²) in [4.78, 5) is 11.9. The molecule has 118 valence electrons. The average molecular weight is 295 g/mol. The Morgan fingerprint density at radius 3 is 2.40 bits per heavy atom. The molecule has 3 nitrogen and oxygen atoms in total. The molecule has 1 fully saturated rings. The van der Waals surface area contributed by atoms with E-state index in [0.29, 0.717) is 24.7 Å². The summed E-state index contributed by atoms with van der Waals surface area (Å²) in [7, 11) is 0. The van der Waals surface area contributed by atoms with Gasteiger partial charge >= 0.3 is 12.1 Å². The first-order chi connectivity index (χ1) is 9.19. The van der Waals surface area contributed by atoms with E-state index in [1.54, 1.807) is 0 Å². The molecule has 0 heterocycles. The van der Waals surface area contributed by atoms with Gasteiger partial charge in [-0.2, -0.15) is 13.2 Å². The van der Waals surface area contributed by atoms with Crippen LogP contribution in [0.25, 0.3) is 0 Å². The standard InChI is InChI=1S/C14H24F3NO2/c1-10(2)11-4-3-5-12(7-6-11)18(8-13(19)20)9-14(15,16)17/h10-12H,3-9H2,1-2H3,(H,19,20). The minimum absolute atomic E-state index is 0.267. The Bertz CT molecular complexity index is 318. The number of carboxylic acids is 1. The van der Waals surface area contributed by atoms with Crippen molar-refractivity contribution in [3.05, 3.63) is 0 Å². The zero-order valence-corrected chi connectivity index (χ0v) is 12.1. The lowest BCUT2D eigenvalue weighted by Crippen LogP contribution is -2.44. The number of aliphatic carboxylic acids is 1. The van der Waals surface area contributed by atoms with Crippen molar-refractivity contribution >= 4 is 5.97 Å². The highest BCUT2D eigenvalue weighted by molar-refractivity contribution is 5.69. The van der Waals surface area contributed by atoms with Crippen molar-refractivity contribution in [2.45, 2.75) is 58.2 Å². The molecule has 0 saturated heterocycles. The Balaban J connectivity index is 2.67. The van der Waals surface area contributed by atoms with Crippen molar-refractivity contribution in [1.82, 2.24) is 4.90 Å². The number of carbonyl (C=O) groups is 1. The molecule has 1 aliphatic carbocycles. The molecule has 1 rings (SSSR count). The molecule has 0 radical (unpaired) electrons. The number of rotatable bonds is 5. The molecule has 1 saturated carbocycles. The Morgan fingerprint density at radius 2 is 1.90 bits per heavy atom. The maximum absolute atomic E-state index is 12.6. The first-order valence-corrected chi connectivity index (χ1v) is 7.21.